The largest absolute Gasteiger partial charge is 0.328 e. The average molecular weight is 285 g/mol. The molecule has 0 aliphatic carbocycles. The lowest BCUT2D eigenvalue weighted by Crippen LogP contribution is -2.20. The number of rotatable bonds is 15. The fraction of sp³-hybridized carbons (Fsp3) is 1.00. The highest BCUT2D eigenvalue weighted by molar-refractivity contribution is 4.63. The first kappa shape index (κ1) is 19.9. The zero-order valence-electron chi connectivity index (χ0n) is 14.2. The Morgan fingerprint density at radius 2 is 0.800 bits per heavy atom. The van der Waals surface area contributed by atoms with Gasteiger partial charge in [-0.2, -0.15) is 0 Å². The molecule has 0 aromatic heterocycles. The predicted octanol–water partition coefficient (Wildman–Crippen LogP) is 5.14. The topological polar surface area (TPSA) is 52.0 Å². The quantitative estimate of drug-likeness (QED) is 0.409. The van der Waals surface area contributed by atoms with E-state index in [0.717, 1.165) is 0 Å². The van der Waals surface area contributed by atoms with Crippen LogP contribution in [-0.4, -0.2) is 12.1 Å². The summed E-state index contributed by atoms with van der Waals surface area (Å²) in [5.74, 6) is 0. The molecule has 0 saturated heterocycles. The Balaban J connectivity index is 3.22. The van der Waals surface area contributed by atoms with Crippen molar-refractivity contribution in [1.82, 2.24) is 0 Å². The van der Waals surface area contributed by atoms with Crippen LogP contribution < -0.4 is 11.5 Å². The monoisotopic (exact) mass is 284 g/mol. The number of hydrogen-bond acceptors (Lipinski definition) is 2. The Morgan fingerprint density at radius 1 is 0.500 bits per heavy atom. The molecule has 0 amide bonds. The fourth-order valence-corrected chi connectivity index (χ4v) is 2.77. The van der Waals surface area contributed by atoms with E-state index in [1.54, 1.807) is 0 Å². The van der Waals surface area contributed by atoms with Gasteiger partial charge in [-0.3, -0.25) is 0 Å². The van der Waals surface area contributed by atoms with Crippen molar-refractivity contribution in [3.8, 4) is 0 Å². The molecule has 0 saturated carbocycles. The SMILES string of the molecule is CCCCCC(N)CCCCCCC(N)CCCCC. The van der Waals surface area contributed by atoms with Crippen molar-refractivity contribution >= 4 is 0 Å². The summed E-state index contributed by atoms with van der Waals surface area (Å²) in [5, 5.41) is 0. The van der Waals surface area contributed by atoms with Gasteiger partial charge < -0.3 is 11.5 Å². The molecule has 4 N–H and O–H groups in total. The third kappa shape index (κ3) is 14.3. The van der Waals surface area contributed by atoms with E-state index >= 15 is 0 Å². The normalized spacial score (nSPS) is 14.4. The van der Waals surface area contributed by atoms with Crippen molar-refractivity contribution in [2.75, 3.05) is 0 Å². The maximum absolute atomic E-state index is 6.13. The van der Waals surface area contributed by atoms with Crippen molar-refractivity contribution in [2.24, 2.45) is 11.5 Å². The zero-order valence-corrected chi connectivity index (χ0v) is 14.2. The first-order chi connectivity index (χ1) is 9.70. The molecule has 0 bridgehead atoms. The standard InChI is InChI=1S/C18H40N2/c1-3-5-9-13-17(19)15-11-7-8-12-16-18(20)14-10-6-4-2/h17-18H,3-16,19-20H2,1-2H3. The van der Waals surface area contributed by atoms with Crippen LogP contribution in [0.3, 0.4) is 0 Å². The van der Waals surface area contributed by atoms with Crippen LogP contribution in [0.5, 0.6) is 0 Å². The van der Waals surface area contributed by atoms with Gasteiger partial charge in [-0.15, -0.1) is 0 Å². The maximum atomic E-state index is 6.13. The Hall–Kier alpha value is -0.0800. The van der Waals surface area contributed by atoms with Crippen molar-refractivity contribution in [2.45, 2.75) is 116 Å². The molecule has 0 aliphatic rings. The van der Waals surface area contributed by atoms with E-state index in [9.17, 15) is 0 Å². The van der Waals surface area contributed by atoms with Crippen LogP contribution >= 0.6 is 0 Å². The Morgan fingerprint density at radius 3 is 1.10 bits per heavy atom. The van der Waals surface area contributed by atoms with Gasteiger partial charge in [0.2, 0.25) is 0 Å². The predicted molar refractivity (Wildman–Crippen MR) is 91.9 cm³/mol. The second-order valence-corrected chi connectivity index (χ2v) is 6.50. The van der Waals surface area contributed by atoms with Gasteiger partial charge in [0, 0.05) is 12.1 Å². The van der Waals surface area contributed by atoms with Gasteiger partial charge in [-0.1, -0.05) is 78.1 Å². The minimum atomic E-state index is 0.442. The van der Waals surface area contributed by atoms with E-state index in [4.69, 9.17) is 11.5 Å². The van der Waals surface area contributed by atoms with Gasteiger partial charge >= 0.3 is 0 Å². The Bertz CT molecular complexity index is 162. The van der Waals surface area contributed by atoms with Crippen LogP contribution in [0.2, 0.25) is 0 Å². The number of hydrogen-bond donors (Lipinski definition) is 2. The number of nitrogens with two attached hydrogens (primary N) is 2. The van der Waals surface area contributed by atoms with Gasteiger partial charge in [0.25, 0.3) is 0 Å². The minimum absolute atomic E-state index is 0.442. The Labute approximate surface area is 128 Å². The summed E-state index contributed by atoms with van der Waals surface area (Å²) in [6.45, 7) is 4.50. The lowest BCUT2D eigenvalue weighted by atomic mass is 10.00. The van der Waals surface area contributed by atoms with Gasteiger partial charge in [0.1, 0.15) is 0 Å². The van der Waals surface area contributed by atoms with Crippen LogP contribution in [0, 0.1) is 0 Å². The lowest BCUT2D eigenvalue weighted by molar-refractivity contribution is 0.471. The minimum Gasteiger partial charge on any atom is -0.328 e. The summed E-state index contributed by atoms with van der Waals surface area (Å²) in [5.41, 5.74) is 12.3. The van der Waals surface area contributed by atoms with Crippen molar-refractivity contribution in [1.29, 1.82) is 0 Å². The summed E-state index contributed by atoms with van der Waals surface area (Å²) < 4.78 is 0. The molecule has 0 aromatic carbocycles. The van der Waals surface area contributed by atoms with Crippen LogP contribution in [-0.2, 0) is 0 Å². The highest BCUT2D eigenvalue weighted by Crippen LogP contribution is 2.13. The van der Waals surface area contributed by atoms with E-state index < -0.39 is 0 Å². The summed E-state index contributed by atoms with van der Waals surface area (Å²) in [6.07, 6.45) is 18.0. The maximum Gasteiger partial charge on any atom is 0.00388 e. The van der Waals surface area contributed by atoms with E-state index in [2.05, 4.69) is 13.8 Å². The van der Waals surface area contributed by atoms with Crippen molar-refractivity contribution in [3.05, 3.63) is 0 Å². The van der Waals surface area contributed by atoms with Crippen LogP contribution in [0.15, 0.2) is 0 Å². The summed E-state index contributed by atoms with van der Waals surface area (Å²) in [6, 6.07) is 0.885. The highest BCUT2D eigenvalue weighted by Gasteiger charge is 2.04. The second-order valence-electron chi connectivity index (χ2n) is 6.50. The van der Waals surface area contributed by atoms with Gasteiger partial charge in [0.05, 0.1) is 0 Å². The molecule has 0 spiro atoms. The molecule has 0 aromatic rings. The molecule has 2 heteroatoms. The number of unbranched alkanes of at least 4 members (excludes halogenated alkanes) is 7. The molecule has 2 unspecified atom stereocenters. The summed E-state index contributed by atoms with van der Waals surface area (Å²) in [7, 11) is 0. The first-order valence-electron chi connectivity index (χ1n) is 9.21. The molecule has 0 aliphatic heterocycles. The third-order valence-corrected chi connectivity index (χ3v) is 4.26. The Kier molecular flexibility index (Phi) is 15.3. The lowest BCUT2D eigenvalue weighted by Gasteiger charge is -2.12. The molecule has 122 valence electrons. The van der Waals surface area contributed by atoms with Crippen LogP contribution in [0.1, 0.15) is 104 Å². The summed E-state index contributed by atoms with van der Waals surface area (Å²) >= 11 is 0. The highest BCUT2D eigenvalue weighted by atomic mass is 14.6. The van der Waals surface area contributed by atoms with Crippen LogP contribution in [0.4, 0.5) is 0 Å². The molecule has 0 fully saturated rings. The molecule has 0 heterocycles. The van der Waals surface area contributed by atoms with E-state index in [-0.39, 0.29) is 0 Å². The molecular formula is C18H40N2. The van der Waals surface area contributed by atoms with Crippen molar-refractivity contribution in [3.63, 3.8) is 0 Å². The smallest absolute Gasteiger partial charge is 0.00388 e. The van der Waals surface area contributed by atoms with Gasteiger partial charge in [-0.25, -0.2) is 0 Å². The molecule has 20 heavy (non-hydrogen) atoms. The van der Waals surface area contributed by atoms with E-state index in [1.165, 1.54) is 89.9 Å². The van der Waals surface area contributed by atoms with E-state index in [1.807, 2.05) is 0 Å². The fourth-order valence-electron chi connectivity index (χ4n) is 2.77. The van der Waals surface area contributed by atoms with Gasteiger partial charge in [0.15, 0.2) is 0 Å². The molecule has 2 atom stereocenters. The average Bonchev–Trinajstić information content (AvgIpc) is 2.43. The van der Waals surface area contributed by atoms with Crippen molar-refractivity contribution < 1.29 is 0 Å². The second kappa shape index (κ2) is 15.3. The van der Waals surface area contributed by atoms with E-state index in [0.29, 0.717) is 12.1 Å². The van der Waals surface area contributed by atoms with Gasteiger partial charge in [-0.05, 0) is 25.7 Å². The van der Waals surface area contributed by atoms with Crippen LogP contribution in [0.25, 0.3) is 0 Å². The molecule has 2 nitrogen and oxygen atoms in total. The first-order valence-corrected chi connectivity index (χ1v) is 9.21. The molecular weight excluding hydrogens is 244 g/mol. The molecule has 0 rings (SSSR count). The summed E-state index contributed by atoms with van der Waals surface area (Å²) in [4.78, 5) is 0. The molecule has 0 radical (unpaired) electrons. The third-order valence-electron chi connectivity index (χ3n) is 4.26. The zero-order chi connectivity index (χ0) is 15.1.